The molecule has 0 aromatic heterocycles. The van der Waals surface area contributed by atoms with Gasteiger partial charge in [-0.2, -0.15) is 0 Å². The van der Waals surface area contributed by atoms with Crippen molar-refractivity contribution < 1.29 is 19.1 Å². The first-order chi connectivity index (χ1) is 11.4. The predicted octanol–water partition coefficient (Wildman–Crippen LogP) is 4.11. The van der Waals surface area contributed by atoms with Gasteiger partial charge in [0.2, 0.25) is 0 Å². The fraction of sp³-hybridized carbons (Fsp3) is 0.176. The summed E-state index contributed by atoms with van der Waals surface area (Å²) in [6, 6.07) is 9.56. The summed E-state index contributed by atoms with van der Waals surface area (Å²) >= 11 is 11.7. The molecule has 5 nitrogen and oxygen atoms in total. The van der Waals surface area contributed by atoms with Gasteiger partial charge in [0.1, 0.15) is 5.75 Å². The molecule has 126 valence electrons. The molecule has 0 atom stereocenters. The van der Waals surface area contributed by atoms with Gasteiger partial charge < -0.3 is 14.8 Å². The number of benzene rings is 2. The molecule has 7 heteroatoms. The van der Waals surface area contributed by atoms with Crippen LogP contribution in [0.1, 0.15) is 15.9 Å². The molecule has 0 saturated heterocycles. The second-order valence-electron chi connectivity index (χ2n) is 4.93. The van der Waals surface area contributed by atoms with Crippen LogP contribution in [0.2, 0.25) is 10.0 Å². The van der Waals surface area contributed by atoms with Crippen LogP contribution in [-0.2, 0) is 9.53 Å². The Bertz CT molecular complexity index is 777. The maximum atomic E-state index is 12.0. The van der Waals surface area contributed by atoms with Crippen molar-refractivity contribution in [2.75, 3.05) is 19.0 Å². The molecule has 1 amide bonds. The van der Waals surface area contributed by atoms with Crippen molar-refractivity contribution in [1.82, 2.24) is 0 Å². The summed E-state index contributed by atoms with van der Waals surface area (Å²) in [5.74, 6) is -0.556. The number of ether oxygens (including phenoxy) is 2. The molecule has 0 fully saturated rings. The number of methoxy groups -OCH3 is 1. The van der Waals surface area contributed by atoms with Gasteiger partial charge in [-0.25, -0.2) is 4.79 Å². The van der Waals surface area contributed by atoms with E-state index in [-0.39, 0.29) is 0 Å². The van der Waals surface area contributed by atoms with Crippen LogP contribution in [0.3, 0.4) is 0 Å². The standard InChI is InChI=1S/C17H15Cl2NO4/c1-10-3-4-11(7-15(10)23-2)17(22)24-9-16(21)20-14-6-5-12(18)8-13(14)19/h3-8H,9H2,1-2H3,(H,20,21). The summed E-state index contributed by atoms with van der Waals surface area (Å²) in [5, 5.41) is 3.30. The fourth-order valence-corrected chi connectivity index (χ4v) is 2.39. The van der Waals surface area contributed by atoms with E-state index in [0.29, 0.717) is 27.0 Å². The Morgan fingerprint density at radius 2 is 1.88 bits per heavy atom. The molecule has 0 spiro atoms. The summed E-state index contributed by atoms with van der Waals surface area (Å²) in [5.41, 5.74) is 1.58. The lowest BCUT2D eigenvalue weighted by Gasteiger charge is -2.09. The van der Waals surface area contributed by atoms with Gasteiger partial charge in [-0.15, -0.1) is 0 Å². The van der Waals surface area contributed by atoms with Crippen molar-refractivity contribution in [3.8, 4) is 5.75 Å². The molecular formula is C17H15Cl2NO4. The van der Waals surface area contributed by atoms with Crippen LogP contribution >= 0.6 is 23.2 Å². The Kier molecular flexibility index (Phi) is 6.06. The van der Waals surface area contributed by atoms with Gasteiger partial charge in [0.05, 0.1) is 23.4 Å². The molecule has 0 aliphatic rings. The Morgan fingerprint density at radius 3 is 2.54 bits per heavy atom. The summed E-state index contributed by atoms with van der Waals surface area (Å²) < 4.78 is 10.1. The van der Waals surface area contributed by atoms with Gasteiger partial charge in [0, 0.05) is 5.02 Å². The second-order valence-corrected chi connectivity index (χ2v) is 5.78. The van der Waals surface area contributed by atoms with Gasteiger partial charge in [-0.3, -0.25) is 4.79 Å². The van der Waals surface area contributed by atoms with E-state index >= 15 is 0 Å². The van der Waals surface area contributed by atoms with E-state index in [1.807, 2.05) is 6.92 Å². The topological polar surface area (TPSA) is 64.6 Å². The van der Waals surface area contributed by atoms with Crippen molar-refractivity contribution in [3.63, 3.8) is 0 Å². The van der Waals surface area contributed by atoms with E-state index in [9.17, 15) is 9.59 Å². The number of esters is 1. The molecule has 0 saturated carbocycles. The molecule has 2 aromatic rings. The number of carbonyl (C=O) groups excluding carboxylic acids is 2. The van der Waals surface area contributed by atoms with Gasteiger partial charge in [0.15, 0.2) is 6.61 Å². The number of rotatable bonds is 5. The van der Waals surface area contributed by atoms with Gasteiger partial charge >= 0.3 is 5.97 Å². The summed E-state index contributed by atoms with van der Waals surface area (Å²) in [7, 11) is 1.51. The quantitative estimate of drug-likeness (QED) is 0.807. The summed E-state index contributed by atoms with van der Waals surface area (Å²) in [6.45, 7) is 1.42. The molecule has 0 aliphatic heterocycles. The smallest absolute Gasteiger partial charge is 0.338 e. The minimum atomic E-state index is -0.620. The molecule has 0 unspecified atom stereocenters. The van der Waals surface area contributed by atoms with Gasteiger partial charge in [-0.05, 0) is 42.8 Å². The SMILES string of the molecule is COc1cc(C(=O)OCC(=O)Nc2ccc(Cl)cc2Cl)ccc1C. The van der Waals surface area contributed by atoms with Crippen LogP contribution in [0, 0.1) is 6.92 Å². The molecule has 0 heterocycles. The first-order valence-electron chi connectivity index (χ1n) is 6.97. The molecule has 0 bridgehead atoms. The number of anilines is 1. The third-order valence-electron chi connectivity index (χ3n) is 3.18. The van der Waals surface area contributed by atoms with E-state index in [0.717, 1.165) is 5.56 Å². The molecule has 0 radical (unpaired) electrons. The number of aryl methyl sites for hydroxylation is 1. The van der Waals surface area contributed by atoms with Crippen molar-refractivity contribution in [3.05, 3.63) is 57.6 Å². The third-order valence-corrected chi connectivity index (χ3v) is 3.73. The highest BCUT2D eigenvalue weighted by atomic mass is 35.5. The minimum absolute atomic E-state index is 0.297. The second kappa shape index (κ2) is 8.04. The minimum Gasteiger partial charge on any atom is -0.496 e. The molecule has 2 rings (SSSR count). The normalized spacial score (nSPS) is 10.2. The first kappa shape index (κ1) is 18.1. The Balaban J connectivity index is 1.95. The molecule has 1 N–H and O–H groups in total. The lowest BCUT2D eigenvalue weighted by atomic mass is 10.1. The highest BCUT2D eigenvalue weighted by molar-refractivity contribution is 6.36. The van der Waals surface area contributed by atoms with Crippen LogP contribution in [0.4, 0.5) is 5.69 Å². The zero-order valence-electron chi connectivity index (χ0n) is 13.1. The van der Waals surface area contributed by atoms with E-state index in [4.69, 9.17) is 32.7 Å². The van der Waals surface area contributed by atoms with E-state index in [1.165, 1.54) is 13.2 Å². The lowest BCUT2D eigenvalue weighted by Crippen LogP contribution is -2.21. The average Bonchev–Trinajstić information content (AvgIpc) is 2.55. The molecule has 0 aliphatic carbocycles. The highest BCUT2D eigenvalue weighted by Gasteiger charge is 2.13. The van der Waals surface area contributed by atoms with Gasteiger partial charge in [-0.1, -0.05) is 29.3 Å². The van der Waals surface area contributed by atoms with Crippen molar-refractivity contribution >= 4 is 40.8 Å². The number of nitrogens with one attached hydrogen (secondary N) is 1. The van der Waals surface area contributed by atoms with Crippen LogP contribution in [-0.4, -0.2) is 25.6 Å². The number of amides is 1. The molecule has 24 heavy (non-hydrogen) atoms. The zero-order chi connectivity index (χ0) is 17.7. The monoisotopic (exact) mass is 367 g/mol. The van der Waals surface area contributed by atoms with Crippen molar-refractivity contribution in [1.29, 1.82) is 0 Å². The Hall–Kier alpha value is -2.24. The predicted molar refractivity (Wildman–Crippen MR) is 93.1 cm³/mol. The van der Waals surface area contributed by atoms with Crippen LogP contribution in [0.5, 0.6) is 5.75 Å². The van der Waals surface area contributed by atoms with Crippen molar-refractivity contribution in [2.24, 2.45) is 0 Å². The number of hydrogen-bond donors (Lipinski definition) is 1. The van der Waals surface area contributed by atoms with E-state index in [2.05, 4.69) is 5.32 Å². The number of halogens is 2. The maximum Gasteiger partial charge on any atom is 0.338 e. The van der Waals surface area contributed by atoms with Crippen LogP contribution in [0.25, 0.3) is 0 Å². The van der Waals surface area contributed by atoms with Crippen molar-refractivity contribution in [2.45, 2.75) is 6.92 Å². The summed E-state index contributed by atoms with van der Waals surface area (Å²) in [4.78, 5) is 23.8. The van der Waals surface area contributed by atoms with Crippen LogP contribution in [0.15, 0.2) is 36.4 Å². The third kappa shape index (κ3) is 4.63. The fourth-order valence-electron chi connectivity index (χ4n) is 1.94. The number of hydrogen-bond acceptors (Lipinski definition) is 4. The Morgan fingerprint density at radius 1 is 1.12 bits per heavy atom. The highest BCUT2D eigenvalue weighted by Crippen LogP contribution is 2.25. The zero-order valence-corrected chi connectivity index (χ0v) is 14.6. The molecule has 2 aromatic carbocycles. The van der Waals surface area contributed by atoms with E-state index in [1.54, 1.807) is 30.3 Å². The van der Waals surface area contributed by atoms with Gasteiger partial charge in [0.25, 0.3) is 5.91 Å². The first-order valence-corrected chi connectivity index (χ1v) is 7.73. The lowest BCUT2D eigenvalue weighted by molar-refractivity contribution is -0.119. The Labute approximate surface area is 149 Å². The summed E-state index contributed by atoms with van der Waals surface area (Å²) in [6.07, 6.45) is 0. The largest absolute Gasteiger partial charge is 0.496 e. The average molecular weight is 368 g/mol. The molecular weight excluding hydrogens is 353 g/mol. The number of carbonyl (C=O) groups is 2. The van der Waals surface area contributed by atoms with Crippen LogP contribution < -0.4 is 10.1 Å². The maximum absolute atomic E-state index is 12.0. The van der Waals surface area contributed by atoms with E-state index < -0.39 is 18.5 Å².